The second kappa shape index (κ2) is 5.93. The van der Waals surface area contributed by atoms with Gasteiger partial charge in [0.25, 0.3) is 0 Å². The van der Waals surface area contributed by atoms with Gasteiger partial charge in [-0.3, -0.25) is 4.90 Å². The summed E-state index contributed by atoms with van der Waals surface area (Å²) < 4.78 is 4.48. The lowest BCUT2D eigenvalue weighted by molar-refractivity contribution is 0.0860. The first-order chi connectivity index (χ1) is 13.7. The van der Waals surface area contributed by atoms with Gasteiger partial charge in [0.1, 0.15) is 0 Å². The molecule has 4 fully saturated rings. The molecule has 5 aliphatic heterocycles. The van der Waals surface area contributed by atoms with Gasteiger partial charge in [0.15, 0.2) is 0 Å². The molecule has 28 heavy (non-hydrogen) atoms. The Morgan fingerprint density at radius 2 is 2.07 bits per heavy atom. The van der Waals surface area contributed by atoms with E-state index in [9.17, 15) is 0 Å². The van der Waals surface area contributed by atoms with Crippen molar-refractivity contribution in [1.29, 1.82) is 5.26 Å². The summed E-state index contributed by atoms with van der Waals surface area (Å²) in [6, 6.07) is 18.6. The number of rotatable bonds is 3. The lowest BCUT2D eigenvalue weighted by Gasteiger charge is -2.49. The average Bonchev–Trinajstić information content (AvgIpc) is 3.49. The summed E-state index contributed by atoms with van der Waals surface area (Å²) in [6.45, 7) is 1.15. The number of benzene rings is 2. The van der Waals surface area contributed by atoms with Crippen LogP contribution in [0.3, 0.4) is 0 Å². The smallest absolute Gasteiger partial charge is 0.0991 e. The highest BCUT2D eigenvalue weighted by Crippen LogP contribution is 2.61. The maximum absolute atomic E-state index is 9.15. The van der Waals surface area contributed by atoms with Crippen LogP contribution in [0.4, 0.5) is 0 Å². The lowest BCUT2D eigenvalue weighted by Crippen LogP contribution is -2.58. The summed E-state index contributed by atoms with van der Waals surface area (Å²) in [5.74, 6) is 0. The molecule has 4 nitrogen and oxygen atoms in total. The quantitative estimate of drug-likeness (QED) is 0.815. The van der Waals surface area contributed by atoms with Gasteiger partial charge in [-0.25, -0.2) is 4.40 Å². The zero-order valence-corrected chi connectivity index (χ0v) is 16.4. The van der Waals surface area contributed by atoms with Crippen LogP contribution in [0.25, 0.3) is 11.1 Å². The van der Waals surface area contributed by atoms with Crippen LogP contribution in [0, 0.1) is 11.3 Å². The predicted molar refractivity (Wildman–Crippen MR) is 113 cm³/mol. The predicted octanol–water partition coefficient (Wildman–Crippen LogP) is 3.81. The number of nitrogens with two attached hydrogens (primary N) is 1. The van der Waals surface area contributed by atoms with Crippen molar-refractivity contribution in [3.63, 3.8) is 0 Å². The molecule has 5 aliphatic rings. The van der Waals surface area contributed by atoms with E-state index < -0.39 is 0 Å². The van der Waals surface area contributed by atoms with E-state index in [4.69, 9.17) is 11.0 Å². The third-order valence-electron chi connectivity index (χ3n) is 7.36. The number of nitriles is 1. The second-order valence-corrected chi connectivity index (χ2v) is 9.58. The largest absolute Gasteiger partial charge is 0.326 e. The van der Waals surface area contributed by atoms with Crippen molar-refractivity contribution in [3.8, 4) is 17.2 Å². The molecule has 0 aliphatic carbocycles. The molecule has 2 aromatic carbocycles. The highest BCUT2D eigenvalue weighted by Gasteiger charge is 2.68. The normalized spacial score (nSPS) is 37.1. The molecule has 0 aromatic heterocycles. The zero-order valence-electron chi connectivity index (χ0n) is 15.6. The Kier molecular flexibility index (Phi) is 3.56. The maximum Gasteiger partial charge on any atom is 0.0991 e. The Morgan fingerprint density at radius 3 is 2.71 bits per heavy atom. The van der Waals surface area contributed by atoms with Gasteiger partial charge in [0, 0.05) is 42.7 Å². The van der Waals surface area contributed by atoms with Crippen LogP contribution in [0.5, 0.6) is 0 Å². The van der Waals surface area contributed by atoms with Gasteiger partial charge < -0.3 is 5.73 Å². The standard InChI is InChI=1S/C23H22N4S/c24-12-14-4-6-15(7-5-14)16-2-1-3-17(22(16)20-8-9-26-28-20)23-11-19-18(25)10-21(23)27(19)13-23/h1-7,9,18-21H,8,10-11,13,25H2/t18-,19?,20?,21-,23?/m1/s1. The van der Waals surface area contributed by atoms with Crippen LogP contribution in [0.1, 0.15) is 41.2 Å². The van der Waals surface area contributed by atoms with E-state index in [1.807, 2.05) is 12.1 Å². The SMILES string of the molecule is N#Cc1ccc(-c2cccc(C34CC5[C@H](N)C[C@H]3N5C4)c2C2CC=NS2)cc1. The van der Waals surface area contributed by atoms with Crippen LogP contribution in [0.2, 0.25) is 0 Å². The fourth-order valence-electron chi connectivity index (χ4n) is 6.12. The highest BCUT2D eigenvalue weighted by molar-refractivity contribution is 7.98. The van der Waals surface area contributed by atoms with Crippen molar-refractivity contribution in [2.45, 2.75) is 48.1 Å². The fraction of sp³-hybridized carbons (Fsp3) is 0.391. The van der Waals surface area contributed by atoms with Crippen molar-refractivity contribution in [2.75, 3.05) is 6.54 Å². The zero-order chi connectivity index (χ0) is 18.9. The number of nitrogens with zero attached hydrogens (tertiary/aromatic N) is 3. The highest BCUT2D eigenvalue weighted by atomic mass is 32.2. The summed E-state index contributed by atoms with van der Waals surface area (Å²) in [4.78, 5) is 2.64. The summed E-state index contributed by atoms with van der Waals surface area (Å²) in [7, 11) is 0. The van der Waals surface area contributed by atoms with Gasteiger partial charge in [0.05, 0.1) is 16.9 Å². The molecular weight excluding hydrogens is 364 g/mol. The van der Waals surface area contributed by atoms with Gasteiger partial charge >= 0.3 is 0 Å². The second-order valence-electron chi connectivity index (χ2n) is 8.59. The minimum Gasteiger partial charge on any atom is -0.326 e. The maximum atomic E-state index is 9.15. The molecule has 2 N–H and O–H groups in total. The molecule has 4 saturated heterocycles. The van der Waals surface area contributed by atoms with Crippen molar-refractivity contribution < 1.29 is 0 Å². The molecule has 0 amide bonds. The monoisotopic (exact) mass is 386 g/mol. The molecule has 0 spiro atoms. The molecule has 4 unspecified atom stereocenters. The van der Waals surface area contributed by atoms with Crippen LogP contribution in [-0.4, -0.2) is 35.8 Å². The first kappa shape index (κ1) is 16.8. The van der Waals surface area contributed by atoms with Crippen LogP contribution >= 0.6 is 11.9 Å². The Hall–Kier alpha value is -2.13. The van der Waals surface area contributed by atoms with E-state index in [2.05, 4.69) is 51.9 Å². The topological polar surface area (TPSA) is 65.4 Å². The van der Waals surface area contributed by atoms with Gasteiger partial charge in [0.2, 0.25) is 0 Å². The van der Waals surface area contributed by atoms with E-state index in [1.54, 1.807) is 11.9 Å². The minimum absolute atomic E-state index is 0.266. The van der Waals surface area contributed by atoms with E-state index in [0.29, 0.717) is 28.9 Å². The van der Waals surface area contributed by atoms with Crippen molar-refractivity contribution in [2.24, 2.45) is 10.1 Å². The van der Waals surface area contributed by atoms with Crippen molar-refractivity contribution >= 4 is 18.2 Å². The van der Waals surface area contributed by atoms with Gasteiger partial charge in [-0.05, 0) is 59.2 Å². The first-order valence-corrected chi connectivity index (χ1v) is 10.9. The Bertz CT molecular complexity index is 1020. The molecule has 6 atom stereocenters. The van der Waals surface area contributed by atoms with Gasteiger partial charge in [-0.2, -0.15) is 5.26 Å². The molecular formula is C23H22N4S. The van der Waals surface area contributed by atoms with E-state index in [0.717, 1.165) is 19.4 Å². The van der Waals surface area contributed by atoms with Crippen molar-refractivity contribution in [1.82, 2.24) is 4.90 Å². The third-order valence-corrected chi connectivity index (χ3v) is 8.32. The molecule has 0 radical (unpaired) electrons. The van der Waals surface area contributed by atoms with Gasteiger partial charge in [-0.1, -0.05) is 30.3 Å². The number of hydrogen-bond donors (Lipinski definition) is 1. The molecule has 0 saturated carbocycles. The van der Waals surface area contributed by atoms with Crippen LogP contribution in [0.15, 0.2) is 46.9 Å². The Balaban J connectivity index is 1.50. The average molecular weight is 387 g/mol. The molecule has 5 heteroatoms. The summed E-state index contributed by atoms with van der Waals surface area (Å²) in [5.41, 5.74) is 12.8. The fourth-order valence-corrected chi connectivity index (χ4v) is 6.98. The van der Waals surface area contributed by atoms with E-state index in [1.165, 1.54) is 28.7 Å². The Labute approximate surface area is 169 Å². The molecule has 5 heterocycles. The van der Waals surface area contributed by atoms with Crippen LogP contribution in [-0.2, 0) is 5.41 Å². The van der Waals surface area contributed by atoms with Gasteiger partial charge in [-0.15, -0.1) is 0 Å². The summed E-state index contributed by atoms with van der Waals surface area (Å²) in [6.07, 6.45) is 5.36. The van der Waals surface area contributed by atoms with E-state index >= 15 is 0 Å². The Morgan fingerprint density at radius 1 is 1.21 bits per heavy atom. The third kappa shape index (κ3) is 2.11. The van der Waals surface area contributed by atoms with Crippen molar-refractivity contribution in [3.05, 3.63) is 59.2 Å². The molecule has 7 rings (SSSR count). The minimum atomic E-state index is 0.266. The summed E-state index contributed by atoms with van der Waals surface area (Å²) >= 11 is 1.70. The van der Waals surface area contributed by atoms with Crippen LogP contribution < -0.4 is 5.73 Å². The van der Waals surface area contributed by atoms with E-state index in [-0.39, 0.29) is 5.41 Å². The molecule has 2 aromatic rings. The molecule has 140 valence electrons. The lowest BCUT2D eigenvalue weighted by atomic mass is 9.63. The first-order valence-electron chi connectivity index (χ1n) is 10.0. The molecule has 4 bridgehead atoms. The summed E-state index contributed by atoms with van der Waals surface area (Å²) in [5, 5.41) is 9.52. The number of hydrogen-bond acceptors (Lipinski definition) is 5.